The van der Waals surface area contributed by atoms with E-state index < -0.39 is 5.60 Å². The third-order valence-electron chi connectivity index (χ3n) is 4.14. The number of piperazine rings is 1. The maximum atomic E-state index is 12.3. The van der Waals surface area contributed by atoms with E-state index in [9.17, 15) is 9.90 Å². The van der Waals surface area contributed by atoms with Gasteiger partial charge in [-0.15, -0.1) is 0 Å². The van der Waals surface area contributed by atoms with E-state index >= 15 is 0 Å². The van der Waals surface area contributed by atoms with Crippen molar-refractivity contribution < 1.29 is 9.90 Å². The van der Waals surface area contributed by atoms with Crippen LogP contribution in [0.1, 0.15) is 33.1 Å². The van der Waals surface area contributed by atoms with Crippen molar-refractivity contribution in [1.82, 2.24) is 9.80 Å². The highest BCUT2D eigenvalue weighted by molar-refractivity contribution is 7.99. The number of amides is 1. The molecule has 0 spiro atoms. The largest absolute Gasteiger partial charge is 0.389 e. The molecule has 2 fully saturated rings. The molecule has 2 heterocycles. The lowest BCUT2D eigenvalue weighted by Crippen LogP contribution is -2.52. The van der Waals surface area contributed by atoms with Gasteiger partial charge in [-0.1, -0.05) is 0 Å². The Labute approximate surface area is 126 Å². The summed E-state index contributed by atoms with van der Waals surface area (Å²) in [5.74, 6) is 3.39. The average molecular weight is 300 g/mol. The molecule has 2 rings (SSSR count). The molecule has 0 aromatic heterocycles. The first-order chi connectivity index (χ1) is 9.44. The van der Waals surface area contributed by atoms with E-state index in [4.69, 9.17) is 0 Å². The van der Waals surface area contributed by atoms with E-state index in [2.05, 4.69) is 4.90 Å². The second-order valence-electron chi connectivity index (χ2n) is 6.73. The minimum absolute atomic E-state index is 0.338. The number of β-amino-alcohol motifs (C(OH)–C–C–N with tert-alkyl or cyclic N) is 1. The fraction of sp³-hybridized carbons (Fsp3) is 0.933. The molecule has 116 valence electrons. The number of hydrogen-bond donors (Lipinski definition) is 1. The number of carbonyl (C=O) groups excluding carboxylic acids is 1. The Kier molecular flexibility index (Phi) is 5.75. The van der Waals surface area contributed by atoms with Crippen LogP contribution in [0.3, 0.4) is 0 Å². The van der Waals surface area contributed by atoms with Gasteiger partial charge in [-0.05, 0) is 44.1 Å². The molecule has 5 heteroatoms. The highest BCUT2D eigenvalue weighted by Crippen LogP contribution is 2.26. The van der Waals surface area contributed by atoms with Gasteiger partial charge in [0.25, 0.3) is 0 Å². The van der Waals surface area contributed by atoms with Crippen LogP contribution in [0.5, 0.6) is 0 Å². The summed E-state index contributed by atoms with van der Waals surface area (Å²) < 4.78 is 0. The highest BCUT2D eigenvalue weighted by Gasteiger charge is 2.26. The first-order valence-electron chi connectivity index (χ1n) is 7.74. The van der Waals surface area contributed by atoms with Crippen LogP contribution in [0, 0.1) is 5.92 Å². The Morgan fingerprint density at radius 1 is 1.20 bits per heavy atom. The topological polar surface area (TPSA) is 43.8 Å². The Morgan fingerprint density at radius 3 is 2.35 bits per heavy atom. The molecule has 0 aromatic carbocycles. The summed E-state index contributed by atoms with van der Waals surface area (Å²) >= 11 is 2.01. The summed E-state index contributed by atoms with van der Waals surface area (Å²) in [4.78, 5) is 16.6. The molecule has 1 amide bonds. The summed E-state index contributed by atoms with van der Waals surface area (Å²) in [6, 6.07) is 0. The smallest absolute Gasteiger partial charge is 0.222 e. The molecular weight excluding hydrogens is 272 g/mol. The fourth-order valence-electron chi connectivity index (χ4n) is 3.03. The maximum Gasteiger partial charge on any atom is 0.222 e. The molecule has 2 saturated heterocycles. The number of carbonyl (C=O) groups is 1. The predicted octanol–water partition coefficient (Wildman–Crippen LogP) is 1.43. The van der Waals surface area contributed by atoms with Crippen molar-refractivity contribution in [3.8, 4) is 0 Å². The second kappa shape index (κ2) is 7.14. The standard InChI is InChI=1S/C15H28N2O2S/c1-15(2,19)12-16-5-7-17(8-6-16)14(18)11-13-3-9-20-10-4-13/h13,19H,3-12H2,1-2H3. The first-order valence-corrected chi connectivity index (χ1v) is 8.90. The van der Waals surface area contributed by atoms with E-state index in [1.165, 1.54) is 24.3 Å². The van der Waals surface area contributed by atoms with Crippen LogP contribution in [0.4, 0.5) is 0 Å². The van der Waals surface area contributed by atoms with Gasteiger partial charge < -0.3 is 10.0 Å². The van der Waals surface area contributed by atoms with Gasteiger partial charge in [0.2, 0.25) is 5.91 Å². The minimum atomic E-state index is -0.647. The number of aliphatic hydroxyl groups is 1. The SMILES string of the molecule is CC(C)(O)CN1CCN(C(=O)CC2CCSCC2)CC1. The fourth-order valence-corrected chi connectivity index (χ4v) is 4.23. The molecule has 2 aliphatic rings. The van der Waals surface area contributed by atoms with Gasteiger partial charge >= 0.3 is 0 Å². The molecule has 2 aliphatic heterocycles. The van der Waals surface area contributed by atoms with Crippen LogP contribution in [-0.2, 0) is 4.79 Å². The predicted molar refractivity (Wildman–Crippen MR) is 84.0 cm³/mol. The molecule has 4 nitrogen and oxygen atoms in total. The molecule has 0 aromatic rings. The van der Waals surface area contributed by atoms with Crippen LogP contribution in [0.2, 0.25) is 0 Å². The summed E-state index contributed by atoms with van der Waals surface area (Å²) in [7, 11) is 0. The Morgan fingerprint density at radius 2 is 1.80 bits per heavy atom. The number of nitrogens with zero attached hydrogens (tertiary/aromatic N) is 2. The molecule has 1 N–H and O–H groups in total. The molecule has 0 bridgehead atoms. The van der Waals surface area contributed by atoms with Crippen molar-refractivity contribution in [1.29, 1.82) is 0 Å². The number of thioether (sulfide) groups is 1. The lowest BCUT2D eigenvalue weighted by atomic mass is 9.98. The summed E-state index contributed by atoms with van der Waals surface area (Å²) in [6.45, 7) is 7.77. The third kappa shape index (κ3) is 5.26. The Balaban J connectivity index is 1.71. The Hall–Kier alpha value is -0.260. The van der Waals surface area contributed by atoms with Crippen LogP contribution in [0.25, 0.3) is 0 Å². The van der Waals surface area contributed by atoms with Crippen molar-refractivity contribution in [2.75, 3.05) is 44.2 Å². The molecule has 20 heavy (non-hydrogen) atoms. The van der Waals surface area contributed by atoms with Gasteiger partial charge in [0.15, 0.2) is 0 Å². The normalized spacial score (nSPS) is 23.1. The van der Waals surface area contributed by atoms with Gasteiger partial charge in [0.1, 0.15) is 0 Å². The average Bonchev–Trinajstić information content (AvgIpc) is 2.39. The third-order valence-corrected chi connectivity index (χ3v) is 5.19. The van der Waals surface area contributed by atoms with Gasteiger partial charge in [-0.3, -0.25) is 9.69 Å². The zero-order valence-corrected chi connectivity index (χ0v) is 13.6. The molecule has 0 atom stereocenters. The van der Waals surface area contributed by atoms with Crippen molar-refractivity contribution in [2.24, 2.45) is 5.92 Å². The Bertz CT molecular complexity index is 316. The molecular formula is C15H28N2O2S. The van der Waals surface area contributed by atoms with E-state index in [1.54, 1.807) is 0 Å². The number of hydrogen-bond acceptors (Lipinski definition) is 4. The summed E-state index contributed by atoms with van der Waals surface area (Å²) in [5, 5.41) is 9.84. The zero-order chi connectivity index (χ0) is 14.6. The van der Waals surface area contributed by atoms with Crippen LogP contribution in [-0.4, -0.2) is 70.6 Å². The summed E-state index contributed by atoms with van der Waals surface area (Å²) in [6.07, 6.45) is 3.15. The van der Waals surface area contributed by atoms with E-state index in [0.717, 1.165) is 32.6 Å². The summed E-state index contributed by atoms with van der Waals surface area (Å²) in [5.41, 5.74) is -0.647. The van der Waals surface area contributed by atoms with Gasteiger partial charge in [-0.2, -0.15) is 11.8 Å². The monoisotopic (exact) mass is 300 g/mol. The quantitative estimate of drug-likeness (QED) is 0.853. The minimum Gasteiger partial charge on any atom is -0.389 e. The molecule has 0 aliphatic carbocycles. The van der Waals surface area contributed by atoms with Crippen molar-refractivity contribution >= 4 is 17.7 Å². The highest BCUT2D eigenvalue weighted by atomic mass is 32.2. The molecule has 0 unspecified atom stereocenters. The number of rotatable bonds is 4. The lowest BCUT2D eigenvalue weighted by Gasteiger charge is -2.37. The van der Waals surface area contributed by atoms with E-state index in [0.29, 0.717) is 18.4 Å². The zero-order valence-electron chi connectivity index (χ0n) is 12.8. The van der Waals surface area contributed by atoms with Crippen molar-refractivity contribution in [3.63, 3.8) is 0 Å². The van der Waals surface area contributed by atoms with Crippen LogP contribution in [0.15, 0.2) is 0 Å². The lowest BCUT2D eigenvalue weighted by molar-refractivity contribution is -0.134. The first kappa shape index (κ1) is 16.1. The maximum absolute atomic E-state index is 12.3. The van der Waals surface area contributed by atoms with Gasteiger partial charge in [0.05, 0.1) is 5.60 Å². The van der Waals surface area contributed by atoms with Crippen molar-refractivity contribution in [2.45, 2.75) is 38.7 Å². The van der Waals surface area contributed by atoms with E-state index in [1.807, 2.05) is 30.5 Å². The second-order valence-corrected chi connectivity index (χ2v) is 7.95. The van der Waals surface area contributed by atoms with Crippen molar-refractivity contribution in [3.05, 3.63) is 0 Å². The van der Waals surface area contributed by atoms with Crippen LogP contribution < -0.4 is 0 Å². The molecule has 0 radical (unpaired) electrons. The van der Waals surface area contributed by atoms with Gasteiger partial charge in [-0.25, -0.2) is 0 Å². The van der Waals surface area contributed by atoms with Gasteiger partial charge in [0, 0.05) is 39.1 Å². The molecule has 0 saturated carbocycles. The van der Waals surface area contributed by atoms with E-state index in [-0.39, 0.29) is 0 Å². The van der Waals surface area contributed by atoms with Crippen LogP contribution >= 0.6 is 11.8 Å².